The fourth-order valence-corrected chi connectivity index (χ4v) is 5.16. The van der Waals surface area contributed by atoms with Gasteiger partial charge >= 0.3 is 15.6 Å². The van der Waals surface area contributed by atoms with Crippen LogP contribution in [-0.2, 0) is 23.0 Å². The van der Waals surface area contributed by atoms with Crippen molar-refractivity contribution in [1.82, 2.24) is 0 Å². The van der Waals surface area contributed by atoms with Gasteiger partial charge in [-0.25, -0.2) is 14.0 Å². The lowest BCUT2D eigenvalue weighted by atomic mass is 9.85. The minimum Gasteiger partial charge on any atom is -0.302 e. The van der Waals surface area contributed by atoms with Gasteiger partial charge in [-0.3, -0.25) is 0 Å². The Bertz CT molecular complexity index is 508. The quantitative estimate of drug-likeness (QED) is 0.0617. The predicted molar refractivity (Wildman–Crippen MR) is 123 cm³/mol. The van der Waals surface area contributed by atoms with E-state index in [1.54, 1.807) is 0 Å². The van der Waals surface area contributed by atoms with E-state index < -0.39 is 21.2 Å². The number of unbranched alkanes of at least 4 members (excludes halogenated alkanes) is 11. The minimum absolute atomic E-state index is 0.656. The summed E-state index contributed by atoms with van der Waals surface area (Å²) in [6, 6.07) is 0. The normalized spacial score (nSPS) is 14.6. The van der Waals surface area contributed by atoms with E-state index in [0.717, 1.165) is 51.4 Å². The smallest absolute Gasteiger partial charge is 0.302 e. The molecule has 0 aliphatic rings. The van der Waals surface area contributed by atoms with Crippen molar-refractivity contribution in [2.45, 2.75) is 136 Å². The molecule has 1 atom stereocenters. The molecule has 0 radical (unpaired) electrons. The molecular weight excluding hydrogens is 442 g/mol. The highest BCUT2D eigenvalue weighted by Gasteiger charge is 2.39. The molecule has 3 N–H and O–H groups in total. The monoisotopic (exact) mass is 488 g/mol. The number of phosphoric acid groups is 2. The van der Waals surface area contributed by atoms with E-state index in [0.29, 0.717) is 19.3 Å². The summed E-state index contributed by atoms with van der Waals surface area (Å²) in [5.41, 5.74) is -0.762. The molecule has 0 aromatic carbocycles. The second kappa shape index (κ2) is 17.7. The van der Waals surface area contributed by atoms with Crippen LogP contribution in [0.3, 0.4) is 0 Å². The van der Waals surface area contributed by atoms with Gasteiger partial charge in [0.2, 0.25) is 0 Å². The molecule has 31 heavy (non-hydrogen) atoms. The third-order valence-electron chi connectivity index (χ3n) is 5.48. The summed E-state index contributed by atoms with van der Waals surface area (Å²) in [6.07, 6.45) is 17.1. The van der Waals surface area contributed by atoms with Crippen LogP contribution in [0.1, 0.15) is 130 Å². The van der Waals surface area contributed by atoms with Crippen molar-refractivity contribution in [3.8, 4) is 0 Å². The Kier molecular flexibility index (Phi) is 17.8. The van der Waals surface area contributed by atoms with E-state index in [1.807, 2.05) is 0 Å². The summed E-state index contributed by atoms with van der Waals surface area (Å²) in [5, 5.41) is 0. The van der Waals surface area contributed by atoms with Crippen LogP contribution in [0.15, 0.2) is 0 Å². The Hall–Kier alpha value is 0.220. The van der Waals surface area contributed by atoms with Crippen LogP contribution >= 0.6 is 15.6 Å². The van der Waals surface area contributed by atoms with E-state index in [2.05, 4.69) is 29.8 Å². The molecular formula is C21H46O8P2. The second-order valence-electron chi connectivity index (χ2n) is 8.52. The standard InChI is InChI=1S/C21H46O8P2/c1-4-7-10-12-14-16-19-21(18-9-6-3,20-17-15-13-11-8-5-2)27-28-31(25,26)29-30(22,23)24/h4-20H2,1-3H3,(H,25,26)(H2,22,23,24). The molecule has 0 saturated carbocycles. The van der Waals surface area contributed by atoms with Crippen molar-refractivity contribution >= 4 is 15.6 Å². The number of rotatable bonds is 22. The van der Waals surface area contributed by atoms with Crippen LogP contribution in [0.25, 0.3) is 0 Å². The molecule has 0 aromatic rings. The average molecular weight is 489 g/mol. The molecule has 0 bridgehead atoms. The van der Waals surface area contributed by atoms with Gasteiger partial charge in [-0.05, 0) is 19.3 Å². The zero-order chi connectivity index (χ0) is 23.6. The van der Waals surface area contributed by atoms with E-state index in [9.17, 15) is 14.0 Å². The lowest BCUT2D eigenvalue weighted by Gasteiger charge is -2.33. The van der Waals surface area contributed by atoms with E-state index in [4.69, 9.17) is 14.7 Å². The zero-order valence-electron chi connectivity index (χ0n) is 19.8. The minimum atomic E-state index is -5.18. The molecule has 10 heteroatoms. The molecule has 0 fully saturated rings. The van der Waals surface area contributed by atoms with Crippen LogP contribution in [0, 0.1) is 0 Å². The Morgan fingerprint density at radius 1 is 0.613 bits per heavy atom. The first kappa shape index (κ1) is 31.2. The number of hydrogen-bond acceptors (Lipinski definition) is 5. The van der Waals surface area contributed by atoms with E-state index in [1.165, 1.54) is 38.5 Å². The molecule has 0 amide bonds. The summed E-state index contributed by atoms with van der Waals surface area (Å²) < 4.78 is 31.4. The fourth-order valence-electron chi connectivity index (χ4n) is 3.73. The Morgan fingerprint density at radius 2 is 1.00 bits per heavy atom. The third-order valence-corrected chi connectivity index (χ3v) is 7.41. The largest absolute Gasteiger partial charge is 0.508 e. The first-order chi connectivity index (χ1) is 14.6. The van der Waals surface area contributed by atoms with Crippen LogP contribution < -0.4 is 0 Å². The van der Waals surface area contributed by atoms with Crippen molar-refractivity contribution in [1.29, 1.82) is 0 Å². The van der Waals surface area contributed by atoms with Gasteiger partial charge in [0, 0.05) is 0 Å². The Morgan fingerprint density at radius 3 is 1.42 bits per heavy atom. The predicted octanol–water partition coefficient (Wildman–Crippen LogP) is 7.57. The van der Waals surface area contributed by atoms with Crippen LogP contribution in [0.5, 0.6) is 0 Å². The lowest BCUT2D eigenvalue weighted by molar-refractivity contribution is -0.309. The maximum Gasteiger partial charge on any atom is 0.508 e. The van der Waals surface area contributed by atoms with Gasteiger partial charge in [0.1, 0.15) is 5.60 Å². The van der Waals surface area contributed by atoms with E-state index in [-0.39, 0.29) is 0 Å². The average Bonchev–Trinajstić information content (AvgIpc) is 2.68. The van der Waals surface area contributed by atoms with Crippen molar-refractivity contribution in [2.75, 3.05) is 0 Å². The van der Waals surface area contributed by atoms with Gasteiger partial charge in [-0.15, -0.1) is 4.67 Å². The summed E-state index contributed by atoms with van der Waals surface area (Å²) in [7, 11) is -10.2. The molecule has 0 aliphatic heterocycles. The molecule has 0 heterocycles. The summed E-state index contributed by atoms with van der Waals surface area (Å²) in [6.45, 7) is 6.41. The van der Waals surface area contributed by atoms with Gasteiger partial charge in [0.15, 0.2) is 0 Å². The molecule has 188 valence electrons. The molecule has 0 aliphatic carbocycles. The van der Waals surface area contributed by atoms with Crippen molar-refractivity contribution in [3.63, 3.8) is 0 Å². The highest BCUT2D eigenvalue weighted by Crippen LogP contribution is 2.58. The molecule has 8 nitrogen and oxygen atoms in total. The molecule has 0 spiro atoms. The van der Waals surface area contributed by atoms with Gasteiger partial charge in [0.25, 0.3) is 0 Å². The molecule has 0 rings (SSSR count). The van der Waals surface area contributed by atoms with Crippen LogP contribution in [0.2, 0.25) is 0 Å². The summed E-state index contributed by atoms with van der Waals surface area (Å²) in [4.78, 5) is 32.9. The Balaban J connectivity index is 5.04. The second-order valence-corrected chi connectivity index (χ2v) is 11.2. The van der Waals surface area contributed by atoms with Gasteiger partial charge in [0.05, 0.1) is 0 Å². The third kappa shape index (κ3) is 18.3. The molecule has 0 aromatic heterocycles. The fraction of sp³-hybridized carbons (Fsp3) is 1.00. The van der Waals surface area contributed by atoms with Crippen molar-refractivity contribution in [3.05, 3.63) is 0 Å². The molecule has 0 saturated heterocycles. The van der Waals surface area contributed by atoms with Gasteiger partial charge < -0.3 is 14.7 Å². The maximum absolute atomic E-state index is 11.9. The van der Waals surface area contributed by atoms with Crippen molar-refractivity contribution < 1.29 is 37.7 Å². The highest BCUT2D eigenvalue weighted by atomic mass is 31.3. The lowest BCUT2D eigenvalue weighted by Crippen LogP contribution is -2.33. The first-order valence-corrected chi connectivity index (χ1v) is 15.1. The van der Waals surface area contributed by atoms with Gasteiger partial charge in [-0.2, -0.15) is 4.31 Å². The summed E-state index contributed by atoms with van der Waals surface area (Å²) >= 11 is 0. The van der Waals surface area contributed by atoms with Gasteiger partial charge in [-0.1, -0.05) is 111 Å². The SMILES string of the molecule is CCCCCCCCC(CCCC)(CCCCCCCC)OOP(=O)(O)OP(=O)(O)O. The number of hydrogen-bond donors (Lipinski definition) is 3. The van der Waals surface area contributed by atoms with Crippen LogP contribution in [0.4, 0.5) is 0 Å². The summed E-state index contributed by atoms with van der Waals surface area (Å²) in [5.74, 6) is 0. The first-order valence-electron chi connectivity index (χ1n) is 12.1. The highest BCUT2D eigenvalue weighted by molar-refractivity contribution is 7.60. The zero-order valence-corrected chi connectivity index (χ0v) is 21.6. The van der Waals surface area contributed by atoms with Crippen LogP contribution in [-0.4, -0.2) is 20.3 Å². The van der Waals surface area contributed by atoms with E-state index >= 15 is 0 Å². The molecule has 1 unspecified atom stereocenters. The topological polar surface area (TPSA) is 123 Å². The maximum atomic E-state index is 11.9. The van der Waals surface area contributed by atoms with Crippen molar-refractivity contribution in [2.24, 2.45) is 0 Å². The Labute approximate surface area is 189 Å².